The number of nitriles is 1. The zero-order valence-electron chi connectivity index (χ0n) is 12.4. The van der Waals surface area contributed by atoms with Gasteiger partial charge in [0.1, 0.15) is 17.6 Å². The van der Waals surface area contributed by atoms with Crippen LogP contribution >= 0.6 is 0 Å². The summed E-state index contributed by atoms with van der Waals surface area (Å²) in [5, 5.41) is 9.21. The van der Waals surface area contributed by atoms with Crippen molar-refractivity contribution in [1.29, 1.82) is 5.26 Å². The van der Waals surface area contributed by atoms with Crippen molar-refractivity contribution in [2.75, 3.05) is 0 Å². The van der Waals surface area contributed by atoms with Crippen LogP contribution in [0.1, 0.15) is 31.4 Å². The molecule has 0 radical (unpaired) electrons. The molecule has 0 aliphatic carbocycles. The van der Waals surface area contributed by atoms with Crippen LogP contribution in [0, 0.1) is 11.3 Å². The molecule has 4 heteroatoms. The van der Waals surface area contributed by atoms with Gasteiger partial charge in [0, 0.05) is 12.0 Å². The number of carbonyl (C=O) groups is 1. The van der Waals surface area contributed by atoms with Crippen LogP contribution in [0.15, 0.2) is 54.6 Å². The second kappa shape index (κ2) is 7.84. The Labute approximate surface area is 129 Å². The van der Waals surface area contributed by atoms with Crippen molar-refractivity contribution in [3.05, 3.63) is 60.2 Å². The first-order valence-corrected chi connectivity index (χ1v) is 7.15. The molecule has 0 aromatic heterocycles. The summed E-state index contributed by atoms with van der Waals surface area (Å²) in [6.07, 6.45) is 0.0744. The molecule has 0 fully saturated rings. The van der Waals surface area contributed by atoms with Gasteiger partial charge in [-0.15, -0.1) is 0 Å². The molecule has 0 aliphatic heterocycles. The van der Waals surface area contributed by atoms with E-state index in [2.05, 4.69) is 0 Å². The Kier molecular flexibility index (Phi) is 5.56. The number of hydrogen-bond donors (Lipinski definition) is 0. The molecular weight excluding hydrogens is 278 g/mol. The van der Waals surface area contributed by atoms with E-state index in [1.54, 1.807) is 24.3 Å². The van der Waals surface area contributed by atoms with E-state index in [9.17, 15) is 10.1 Å². The molecule has 0 saturated heterocycles. The fourth-order valence-electron chi connectivity index (χ4n) is 1.93. The lowest BCUT2D eigenvalue weighted by Crippen LogP contribution is -2.09. The molecule has 2 aromatic carbocycles. The Morgan fingerprint density at radius 3 is 2.55 bits per heavy atom. The molecule has 0 amide bonds. The Morgan fingerprint density at radius 2 is 1.86 bits per heavy atom. The highest BCUT2D eigenvalue weighted by Crippen LogP contribution is 2.26. The van der Waals surface area contributed by atoms with Gasteiger partial charge in [-0.3, -0.25) is 4.79 Å². The number of para-hydroxylation sites is 1. The maximum atomic E-state index is 11.6. The quantitative estimate of drug-likeness (QED) is 0.742. The number of nitrogens with zero attached hydrogens (tertiary/aromatic N) is 1. The van der Waals surface area contributed by atoms with Crippen LogP contribution in [0.25, 0.3) is 0 Å². The molecule has 22 heavy (non-hydrogen) atoms. The number of carbonyl (C=O) groups excluding carboxylic acids is 1. The summed E-state index contributed by atoms with van der Waals surface area (Å²) in [6, 6.07) is 18.4. The normalized spacial score (nSPS) is 11.3. The van der Waals surface area contributed by atoms with E-state index >= 15 is 0 Å². The van der Waals surface area contributed by atoms with Gasteiger partial charge in [0.2, 0.25) is 6.10 Å². The van der Waals surface area contributed by atoms with Gasteiger partial charge >= 0.3 is 5.97 Å². The van der Waals surface area contributed by atoms with Gasteiger partial charge in [0.05, 0.1) is 0 Å². The summed E-state index contributed by atoms with van der Waals surface area (Å²) in [5.74, 6) is 0.926. The molecular formula is C18H17NO3. The maximum absolute atomic E-state index is 11.6. The van der Waals surface area contributed by atoms with Crippen molar-refractivity contribution >= 4 is 5.97 Å². The van der Waals surface area contributed by atoms with Crippen LogP contribution in [-0.2, 0) is 9.53 Å². The molecule has 0 aliphatic rings. The minimum Gasteiger partial charge on any atom is -0.457 e. The van der Waals surface area contributed by atoms with E-state index in [0.717, 1.165) is 0 Å². The summed E-state index contributed by atoms with van der Waals surface area (Å²) in [5.41, 5.74) is 0.598. The predicted octanol–water partition coefficient (Wildman–Crippen LogP) is 4.39. The van der Waals surface area contributed by atoms with Crippen LogP contribution in [0.5, 0.6) is 11.5 Å². The van der Waals surface area contributed by atoms with E-state index in [4.69, 9.17) is 9.47 Å². The number of rotatable bonds is 6. The SMILES string of the molecule is CCCC(=O)O[C@@H](C#N)c1cccc(Oc2ccccc2)c1. The van der Waals surface area contributed by atoms with Gasteiger partial charge in [0.25, 0.3) is 0 Å². The summed E-state index contributed by atoms with van der Waals surface area (Å²) in [6.45, 7) is 1.89. The van der Waals surface area contributed by atoms with E-state index in [1.165, 1.54) is 0 Å². The molecule has 112 valence electrons. The molecule has 0 bridgehead atoms. The van der Waals surface area contributed by atoms with Gasteiger partial charge in [-0.25, -0.2) is 0 Å². The average molecular weight is 295 g/mol. The van der Waals surface area contributed by atoms with Crippen molar-refractivity contribution in [3.8, 4) is 17.6 Å². The second-order valence-corrected chi connectivity index (χ2v) is 4.74. The molecule has 0 spiro atoms. The standard InChI is InChI=1S/C18H17NO3/c1-2-7-18(20)22-17(13-19)14-8-6-11-16(12-14)21-15-9-4-3-5-10-15/h3-6,8-12,17H,2,7H2,1H3/t17-/m0/s1. The largest absolute Gasteiger partial charge is 0.457 e. The summed E-state index contributed by atoms with van der Waals surface area (Å²) < 4.78 is 10.9. The minimum atomic E-state index is -0.918. The van der Waals surface area contributed by atoms with E-state index in [1.807, 2.05) is 43.3 Å². The average Bonchev–Trinajstić information content (AvgIpc) is 2.54. The lowest BCUT2D eigenvalue weighted by molar-refractivity contribution is -0.146. The summed E-state index contributed by atoms with van der Waals surface area (Å²) >= 11 is 0. The van der Waals surface area contributed by atoms with Crippen LogP contribution in [0.2, 0.25) is 0 Å². The topological polar surface area (TPSA) is 59.3 Å². The third kappa shape index (κ3) is 4.35. The molecule has 0 unspecified atom stereocenters. The number of hydrogen-bond acceptors (Lipinski definition) is 4. The van der Waals surface area contributed by atoms with Crippen molar-refractivity contribution < 1.29 is 14.3 Å². The van der Waals surface area contributed by atoms with Gasteiger partial charge in [0.15, 0.2) is 0 Å². The van der Waals surface area contributed by atoms with Crippen LogP contribution in [0.3, 0.4) is 0 Å². The first kappa shape index (κ1) is 15.6. The van der Waals surface area contributed by atoms with E-state index < -0.39 is 6.10 Å². The zero-order valence-corrected chi connectivity index (χ0v) is 12.4. The Balaban J connectivity index is 2.12. The van der Waals surface area contributed by atoms with Crippen molar-refractivity contribution in [2.45, 2.75) is 25.9 Å². The molecule has 2 rings (SSSR count). The molecule has 2 aromatic rings. The third-order valence-corrected chi connectivity index (χ3v) is 2.96. The lowest BCUT2D eigenvalue weighted by atomic mass is 10.1. The van der Waals surface area contributed by atoms with Gasteiger partial charge in [-0.2, -0.15) is 5.26 Å². The molecule has 0 N–H and O–H groups in total. The maximum Gasteiger partial charge on any atom is 0.307 e. The monoisotopic (exact) mass is 295 g/mol. The smallest absolute Gasteiger partial charge is 0.307 e. The number of esters is 1. The fraction of sp³-hybridized carbons (Fsp3) is 0.222. The zero-order chi connectivity index (χ0) is 15.8. The van der Waals surface area contributed by atoms with E-state index in [-0.39, 0.29) is 5.97 Å². The van der Waals surface area contributed by atoms with Gasteiger partial charge in [-0.05, 0) is 30.7 Å². The Morgan fingerprint density at radius 1 is 1.14 bits per heavy atom. The van der Waals surface area contributed by atoms with E-state index in [0.29, 0.717) is 29.9 Å². The highest BCUT2D eigenvalue weighted by molar-refractivity contribution is 5.70. The number of benzene rings is 2. The first-order valence-electron chi connectivity index (χ1n) is 7.15. The van der Waals surface area contributed by atoms with Crippen molar-refractivity contribution in [3.63, 3.8) is 0 Å². The third-order valence-electron chi connectivity index (χ3n) is 2.96. The number of ether oxygens (including phenoxy) is 2. The molecule has 0 saturated carbocycles. The van der Waals surface area contributed by atoms with Gasteiger partial charge < -0.3 is 9.47 Å². The molecule has 4 nitrogen and oxygen atoms in total. The second-order valence-electron chi connectivity index (χ2n) is 4.74. The lowest BCUT2D eigenvalue weighted by Gasteiger charge is -2.12. The van der Waals surface area contributed by atoms with Crippen molar-refractivity contribution in [1.82, 2.24) is 0 Å². The van der Waals surface area contributed by atoms with Gasteiger partial charge in [-0.1, -0.05) is 37.3 Å². The van der Waals surface area contributed by atoms with Crippen molar-refractivity contribution in [2.24, 2.45) is 0 Å². The van der Waals surface area contributed by atoms with Crippen LogP contribution < -0.4 is 4.74 Å². The molecule has 1 atom stereocenters. The predicted molar refractivity (Wildman–Crippen MR) is 82.3 cm³/mol. The Bertz CT molecular complexity index is 662. The summed E-state index contributed by atoms with van der Waals surface area (Å²) in [7, 11) is 0. The fourth-order valence-corrected chi connectivity index (χ4v) is 1.93. The van der Waals surface area contributed by atoms with Crippen LogP contribution in [0.4, 0.5) is 0 Å². The molecule has 0 heterocycles. The summed E-state index contributed by atoms with van der Waals surface area (Å²) in [4.78, 5) is 11.6. The van der Waals surface area contributed by atoms with Crippen LogP contribution in [-0.4, -0.2) is 5.97 Å². The first-order chi connectivity index (χ1) is 10.7. The Hall–Kier alpha value is -2.80. The highest BCUT2D eigenvalue weighted by atomic mass is 16.5. The highest BCUT2D eigenvalue weighted by Gasteiger charge is 2.16. The minimum absolute atomic E-state index is 0.304.